The van der Waals surface area contributed by atoms with Gasteiger partial charge in [-0.25, -0.2) is 17.8 Å². The summed E-state index contributed by atoms with van der Waals surface area (Å²) in [5, 5.41) is 0. The molecule has 1 atom stereocenters. The van der Waals surface area contributed by atoms with E-state index in [0.29, 0.717) is 22.3 Å². The van der Waals surface area contributed by atoms with Crippen molar-refractivity contribution in [2.24, 2.45) is 10.7 Å². The van der Waals surface area contributed by atoms with Crippen molar-refractivity contribution in [1.29, 1.82) is 0 Å². The second-order valence-corrected chi connectivity index (χ2v) is 10.1. The van der Waals surface area contributed by atoms with Crippen molar-refractivity contribution in [1.82, 2.24) is 0 Å². The van der Waals surface area contributed by atoms with Crippen LogP contribution >= 0.6 is 15.9 Å². The van der Waals surface area contributed by atoms with Crippen molar-refractivity contribution in [3.05, 3.63) is 105 Å². The highest BCUT2D eigenvalue weighted by Gasteiger charge is 2.46. The quantitative estimate of drug-likeness (QED) is 0.484. The lowest BCUT2D eigenvalue weighted by Gasteiger charge is -2.29. The first-order chi connectivity index (χ1) is 15.0. The number of aliphatic imine (C=N–C) groups is 1. The number of rotatable bonds is 4. The predicted octanol–water partition coefficient (Wildman–Crippen LogP) is 5.03. The molecule has 0 bridgehead atoms. The molecule has 2 N–H and O–H groups in total. The van der Waals surface area contributed by atoms with Crippen molar-refractivity contribution in [3.63, 3.8) is 0 Å². The highest BCUT2D eigenvalue weighted by molar-refractivity contribution is 9.10. The Morgan fingerprint density at radius 1 is 0.969 bits per heavy atom. The van der Waals surface area contributed by atoms with Crippen molar-refractivity contribution in [2.75, 3.05) is 0 Å². The van der Waals surface area contributed by atoms with E-state index >= 15 is 0 Å². The highest BCUT2D eigenvalue weighted by Crippen LogP contribution is 2.46. The predicted molar refractivity (Wildman–Crippen MR) is 116 cm³/mol. The van der Waals surface area contributed by atoms with Gasteiger partial charge < -0.3 is 5.73 Å². The minimum Gasteiger partial charge on any atom is -0.383 e. The molecule has 3 aromatic carbocycles. The zero-order chi connectivity index (χ0) is 23.3. The van der Waals surface area contributed by atoms with Crippen LogP contribution in [0.5, 0.6) is 0 Å². The van der Waals surface area contributed by atoms with Crippen LogP contribution in [0.3, 0.4) is 0 Å². The van der Waals surface area contributed by atoms with E-state index in [9.17, 15) is 26.0 Å². The first-order valence-electron chi connectivity index (χ1n) is 9.25. The third-order valence-corrected chi connectivity index (χ3v) is 7.33. The van der Waals surface area contributed by atoms with Crippen LogP contribution in [0.25, 0.3) is 0 Å². The number of alkyl halides is 3. The summed E-state index contributed by atoms with van der Waals surface area (Å²) in [5.41, 5.74) is 2.15. The van der Waals surface area contributed by atoms with Crippen LogP contribution in [0.15, 0.2) is 76.2 Å². The number of nitrogens with two attached hydrogens (primary N) is 1. The van der Waals surface area contributed by atoms with E-state index in [2.05, 4.69) is 15.9 Å². The van der Waals surface area contributed by atoms with E-state index in [1.807, 2.05) is 6.07 Å². The second kappa shape index (κ2) is 7.70. The highest BCUT2D eigenvalue weighted by atomic mass is 79.9. The SMILES string of the molecule is NC1=NC(c2ccc(CS(=O)(=O)C(F)(F)F)cc2)(c2ccc(F)c(Br)c2)c2ccccc21. The summed E-state index contributed by atoms with van der Waals surface area (Å²) in [6.07, 6.45) is 0. The van der Waals surface area contributed by atoms with Crippen LogP contribution in [0, 0.1) is 5.82 Å². The van der Waals surface area contributed by atoms with E-state index < -0.39 is 32.5 Å². The van der Waals surface area contributed by atoms with Crippen LogP contribution in [0.2, 0.25) is 0 Å². The summed E-state index contributed by atoms with van der Waals surface area (Å²) < 4.78 is 75.4. The number of fused-ring (bicyclic) bond motifs is 1. The zero-order valence-corrected chi connectivity index (χ0v) is 18.6. The maximum atomic E-state index is 13.9. The molecule has 0 radical (unpaired) electrons. The molecular weight excluding hydrogens is 512 g/mol. The van der Waals surface area contributed by atoms with Crippen LogP contribution in [-0.4, -0.2) is 19.8 Å². The molecule has 166 valence electrons. The van der Waals surface area contributed by atoms with Gasteiger partial charge in [0.25, 0.3) is 9.84 Å². The molecule has 1 aliphatic heterocycles. The van der Waals surface area contributed by atoms with Crippen LogP contribution in [0.4, 0.5) is 17.6 Å². The van der Waals surface area contributed by atoms with Gasteiger partial charge in [0.05, 0.1) is 10.2 Å². The van der Waals surface area contributed by atoms with E-state index in [4.69, 9.17) is 10.7 Å². The molecule has 0 aromatic heterocycles. The first-order valence-corrected chi connectivity index (χ1v) is 11.7. The van der Waals surface area contributed by atoms with Gasteiger partial charge >= 0.3 is 5.51 Å². The summed E-state index contributed by atoms with van der Waals surface area (Å²) >= 11 is 3.18. The fraction of sp³-hybridized carbons (Fsp3) is 0.136. The number of nitrogens with zero attached hydrogens (tertiary/aromatic N) is 1. The lowest BCUT2D eigenvalue weighted by Crippen LogP contribution is -2.26. The van der Waals surface area contributed by atoms with Crippen molar-refractivity contribution < 1.29 is 26.0 Å². The van der Waals surface area contributed by atoms with Gasteiger partial charge in [-0.1, -0.05) is 54.6 Å². The third kappa shape index (κ3) is 3.61. The van der Waals surface area contributed by atoms with Gasteiger partial charge in [-0.3, -0.25) is 0 Å². The summed E-state index contributed by atoms with van der Waals surface area (Å²) in [4.78, 5) is 4.70. The number of benzene rings is 3. The summed E-state index contributed by atoms with van der Waals surface area (Å²) in [6, 6.07) is 17.2. The Balaban J connectivity index is 1.87. The largest absolute Gasteiger partial charge is 0.497 e. The van der Waals surface area contributed by atoms with E-state index in [0.717, 1.165) is 0 Å². The third-order valence-electron chi connectivity index (χ3n) is 5.30. The number of hydrogen-bond donors (Lipinski definition) is 1. The number of sulfone groups is 1. The molecule has 0 saturated carbocycles. The average Bonchev–Trinajstić information content (AvgIpc) is 3.03. The molecule has 0 fully saturated rings. The van der Waals surface area contributed by atoms with E-state index in [-0.39, 0.29) is 15.9 Å². The maximum Gasteiger partial charge on any atom is 0.497 e. The van der Waals surface area contributed by atoms with Gasteiger partial charge in [0.15, 0.2) is 0 Å². The lowest BCUT2D eigenvalue weighted by atomic mass is 9.77. The van der Waals surface area contributed by atoms with Gasteiger partial charge in [0.2, 0.25) is 0 Å². The minimum atomic E-state index is -5.34. The molecule has 10 heteroatoms. The molecule has 1 unspecified atom stereocenters. The Labute approximate surface area is 189 Å². The van der Waals surface area contributed by atoms with Gasteiger partial charge in [0.1, 0.15) is 17.2 Å². The van der Waals surface area contributed by atoms with Crippen LogP contribution in [0.1, 0.15) is 27.8 Å². The topological polar surface area (TPSA) is 72.5 Å². The monoisotopic (exact) mass is 526 g/mol. The standard InChI is InChI=1S/C22H15BrF4N2O2S/c23-18-11-15(9-10-19(18)24)21(17-4-2-1-3-16(17)20(28)29-21)14-7-5-13(6-8-14)12-32(30,31)22(25,26)27/h1-11H,12H2,(H2,28,29). The van der Waals surface area contributed by atoms with Gasteiger partial charge in [0, 0.05) is 5.56 Å². The zero-order valence-electron chi connectivity index (χ0n) is 16.2. The molecule has 32 heavy (non-hydrogen) atoms. The molecule has 4 nitrogen and oxygen atoms in total. The lowest BCUT2D eigenvalue weighted by molar-refractivity contribution is -0.0437. The van der Waals surface area contributed by atoms with Crippen molar-refractivity contribution in [3.8, 4) is 0 Å². The normalized spacial score (nSPS) is 18.3. The van der Waals surface area contributed by atoms with E-state index in [1.165, 1.54) is 30.3 Å². The Morgan fingerprint density at radius 2 is 1.59 bits per heavy atom. The average molecular weight is 527 g/mol. The molecule has 3 aromatic rings. The Hall–Kier alpha value is -2.72. The fourth-order valence-electron chi connectivity index (χ4n) is 3.79. The van der Waals surface area contributed by atoms with Gasteiger partial charge in [-0.15, -0.1) is 0 Å². The molecule has 0 saturated heterocycles. The van der Waals surface area contributed by atoms with Gasteiger partial charge in [-0.2, -0.15) is 13.2 Å². The van der Waals surface area contributed by atoms with Crippen LogP contribution < -0.4 is 5.73 Å². The minimum absolute atomic E-state index is 0.0234. The molecule has 0 aliphatic carbocycles. The molecule has 0 amide bonds. The van der Waals surface area contributed by atoms with Crippen molar-refractivity contribution in [2.45, 2.75) is 16.8 Å². The number of hydrogen-bond acceptors (Lipinski definition) is 4. The summed E-state index contributed by atoms with van der Waals surface area (Å²) in [5.74, 6) is -1.39. The Morgan fingerprint density at radius 3 is 2.22 bits per heavy atom. The van der Waals surface area contributed by atoms with Gasteiger partial charge in [-0.05, 0) is 50.3 Å². The molecular formula is C22H15BrF4N2O2S. The maximum absolute atomic E-state index is 13.9. The van der Waals surface area contributed by atoms with E-state index in [1.54, 1.807) is 30.3 Å². The number of amidine groups is 1. The first kappa shape index (κ1) is 22.5. The summed E-state index contributed by atoms with van der Waals surface area (Å²) in [7, 11) is -5.31. The fourth-order valence-corrected chi connectivity index (χ4v) is 4.97. The smallest absolute Gasteiger partial charge is 0.383 e. The summed E-state index contributed by atoms with van der Waals surface area (Å²) in [6.45, 7) is 0. The second-order valence-electron chi connectivity index (χ2n) is 7.28. The molecule has 0 spiro atoms. The van der Waals surface area contributed by atoms with Crippen LogP contribution in [-0.2, 0) is 21.1 Å². The van der Waals surface area contributed by atoms with Crippen molar-refractivity contribution >= 4 is 31.6 Å². The molecule has 1 heterocycles. The molecule has 1 aliphatic rings. The Bertz CT molecular complexity index is 1340. The molecule has 4 rings (SSSR count). The Kier molecular flexibility index (Phi) is 5.41. The number of halogens is 5.